The molecule has 6 nitrogen and oxygen atoms in total. The highest BCUT2D eigenvalue weighted by atomic mass is 32.2. The summed E-state index contributed by atoms with van der Waals surface area (Å²) in [4.78, 5) is 3.96. The SMILES string of the molecule is CN=C(NCCOc1ccc(F)cc1F)NCCS(=O)(=O)C(C)(C)C. The summed E-state index contributed by atoms with van der Waals surface area (Å²) in [5, 5.41) is 5.81. The van der Waals surface area contributed by atoms with Crippen molar-refractivity contribution in [3.63, 3.8) is 0 Å². The number of rotatable bonds is 7. The molecule has 0 aliphatic rings. The van der Waals surface area contributed by atoms with Crippen molar-refractivity contribution in [3.8, 4) is 5.75 Å². The van der Waals surface area contributed by atoms with Gasteiger partial charge >= 0.3 is 0 Å². The fraction of sp³-hybridized carbons (Fsp3) is 0.562. The van der Waals surface area contributed by atoms with Gasteiger partial charge in [-0.1, -0.05) is 0 Å². The highest BCUT2D eigenvalue weighted by molar-refractivity contribution is 7.92. The number of hydrogen-bond donors (Lipinski definition) is 2. The minimum Gasteiger partial charge on any atom is -0.489 e. The number of sulfone groups is 1. The molecule has 0 bridgehead atoms. The van der Waals surface area contributed by atoms with Crippen molar-refractivity contribution in [3.05, 3.63) is 29.8 Å². The second-order valence-electron chi connectivity index (χ2n) is 6.28. The quantitative estimate of drug-likeness (QED) is 0.430. The summed E-state index contributed by atoms with van der Waals surface area (Å²) in [7, 11) is -1.66. The van der Waals surface area contributed by atoms with Crippen LogP contribution >= 0.6 is 0 Å². The fourth-order valence-corrected chi connectivity index (χ4v) is 2.74. The maximum atomic E-state index is 13.4. The van der Waals surface area contributed by atoms with E-state index in [4.69, 9.17) is 4.74 Å². The van der Waals surface area contributed by atoms with Crippen LogP contribution < -0.4 is 15.4 Å². The molecule has 0 radical (unpaired) electrons. The van der Waals surface area contributed by atoms with Gasteiger partial charge in [-0.2, -0.15) is 0 Å². The summed E-state index contributed by atoms with van der Waals surface area (Å²) in [6, 6.07) is 3.08. The van der Waals surface area contributed by atoms with E-state index in [9.17, 15) is 17.2 Å². The third-order valence-corrected chi connectivity index (χ3v) is 5.97. The number of aliphatic imine (C=N–C) groups is 1. The van der Waals surface area contributed by atoms with Crippen molar-refractivity contribution in [1.82, 2.24) is 10.6 Å². The molecule has 0 spiro atoms. The summed E-state index contributed by atoms with van der Waals surface area (Å²) < 4.78 is 54.6. The number of hydrogen-bond acceptors (Lipinski definition) is 4. The van der Waals surface area contributed by atoms with Crippen LogP contribution in [0.3, 0.4) is 0 Å². The lowest BCUT2D eigenvalue weighted by Crippen LogP contribution is -2.42. The van der Waals surface area contributed by atoms with E-state index in [1.807, 2.05) is 0 Å². The number of halogens is 2. The van der Waals surface area contributed by atoms with Crippen LogP contribution in [0.1, 0.15) is 20.8 Å². The van der Waals surface area contributed by atoms with Gasteiger partial charge < -0.3 is 15.4 Å². The van der Waals surface area contributed by atoms with Gasteiger partial charge in [0.15, 0.2) is 27.4 Å². The predicted octanol–water partition coefficient (Wildman–Crippen LogP) is 1.72. The first-order valence-corrected chi connectivity index (χ1v) is 9.47. The molecule has 0 fully saturated rings. The summed E-state index contributed by atoms with van der Waals surface area (Å²) in [6.07, 6.45) is 0. The molecule has 0 saturated carbocycles. The molecule has 0 unspecified atom stereocenters. The third-order valence-electron chi connectivity index (χ3n) is 3.37. The minimum absolute atomic E-state index is 0.0194. The Labute approximate surface area is 147 Å². The van der Waals surface area contributed by atoms with Gasteiger partial charge in [-0.15, -0.1) is 0 Å². The molecule has 0 atom stereocenters. The van der Waals surface area contributed by atoms with Crippen LogP contribution in [0.5, 0.6) is 5.75 Å². The molecule has 25 heavy (non-hydrogen) atoms. The average molecular weight is 377 g/mol. The Morgan fingerprint density at radius 2 is 1.84 bits per heavy atom. The van der Waals surface area contributed by atoms with Crippen molar-refractivity contribution < 1.29 is 21.9 Å². The van der Waals surface area contributed by atoms with Gasteiger partial charge in [-0.05, 0) is 32.9 Å². The third kappa shape index (κ3) is 6.85. The van der Waals surface area contributed by atoms with Gasteiger partial charge in [0.05, 0.1) is 17.0 Å². The first-order valence-electron chi connectivity index (χ1n) is 7.81. The number of nitrogens with zero attached hydrogens (tertiary/aromatic N) is 1. The van der Waals surface area contributed by atoms with E-state index in [1.165, 1.54) is 6.07 Å². The van der Waals surface area contributed by atoms with E-state index in [-0.39, 0.29) is 24.7 Å². The maximum Gasteiger partial charge on any atom is 0.191 e. The number of benzene rings is 1. The number of ether oxygens (including phenoxy) is 1. The Hall–Kier alpha value is -1.90. The summed E-state index contributed by atoms with van der Waals surface area (Å²) in [5.74, 6) is -1.09. The first kappa shape index (κ1) is 21.1. The van der Waals surface area contributed by atoms with Crippen molar-refractivity contribution in [2.75, 3.05) is 32.5 Å². The monoisotopic (exact) mass is 377 g/mol. The molecule has 142 valence electrons. The van der Waals surface area contributed by atoms with Crippen LogP contribution in [0.25, 0.3) is 0 Å². The lowest BCUT2D eigenvalue weighted by Gasteiger charge is -2.19. The van der Waals surface area contributed by atoms with E-state index >= 15 is 0 Å². The van der Waals surface area contributed by atoms with E-state index in [0.29, 0.717) is 12.5 Å². The van der Waals surface area contributed by atoms with Crippen molar-refractivity contribution >= 4 is 15.8 Å². The second-order valence-corrected chi connectivity index (χ2v) is 9.14. The van der Waals surface area contributed by atoms with E-state index in [0.717, 1.165) is 12.1 Å². The van der Waals surface area contributed by atoms with Crippen LogP contribution in [-0.2, 0) is 9.84 Å². The number of nitrogens with one attached hydrogen (secondary N) is 2. The van der Waals surface area contributed by atoms with Crippen LogP contribution in [-0.4, -0.2) is 51.6 Å². The van der Waals surface area contributed by atoms with Gasteiger partial charge in [0.1, 0.15) is 12.4 Å². The molecule has 0 amide bonds. The van der Waals surface area contributed by atoms with Crippen LogP contribution in [0.15, 0.2) is 23.2 Å². The van der Waals surface area contributed by atoms with Crippen LogP contribution in [0, 0.1) is 11.6 Å². The lowest BCUT2D eigenvalue weighted by atomic mass is 10.3. The molecule has 1 rings (SSSR count). The summed E-state index contributed by atoms with van der Waals surface area (Å²) in [6.45, 7) is 5.61. The topological polar surface area (TPSA) is 79.8 Å². The Morgan fingerprint density at radius 3 is 2.40 bits per heavy atom. The molecule has 0 aliphatic carbocycles. The molecule has 0 saturated heterocycles. The van der Waals surface area contributed by atoms with Gasteiger partial charge in [-0.25, -0.2) is 17.2 Å². The Bertz CT molecular complexity index is 701. The Kier molecular flexibility index (Phi) is 7.60. The molecule has 1 aromatic carbocycles. The highest BCUT2D eigenvalue weighted by Crippen LogP contribution is 2.17. The zero-order chi connectivity index (χ0) is 19.1. The second kappa shape index (κ2) is 8.98. The normalized spacial score (nSPS) is 12.8. The Morgan fingerprint density at radius 1 is 1.20 bits per heavy atom. The lowest BCUT2D eigenvalue weighted by molar-refractivity contribution is 0.304. The van der Waals surface area contributed by atoms with Gasteiger partial charge in [0.25, 0.3) is 0 Å². The smallest absolute Gasteiger partial charge is 0.191 e. The van der Waals surface area contributed by atoms with Crippen molar-refractivity contribution in [2.45, 2.75) is 25.5 Å². The molecular formula is C16H25F2N3O3S. The molecule has 1 aromatic rings. The van der Waals surface area contributed by atoms with Crippen molar-refractivity contribution in [2.24, 2.45) is 4.99 Å². The molecule has 2 N–H and O–H groups in total. The van der Waals surface area contributed by atoms with E-state index in [1.54, 1.807) is 27.8 Å². The van der Waals surface area contributed by atoms with Gasteiger partial charge in [-0.3, -0.25) is 4.99 Å². The summed E-state index contributed by atoms with van der Waals surface area (Å²) >= 11 is 0. The predicted molar refractivity (Wildman–Crippen MR) is 94.8 cm³/mol. The molecule has 0 aromatic heterocycles. The minimum atomic E-state index is -3.21. The summed E-state index contributed by atoms with van der Waals surface area (Å²) in [5.41, 5.74) is 0. The van der Waals surface area contributed by atoms with Crippen molar-refractivity contribution in [1.29, 1.82) is 0 Å². The average Bonchev–Trinajstić information content (AvgIpc) is 2.50. The standard InChI is InChI=1S/C16H25F2N3O3S/c1-16(2,3)25(22,23)10-8-21-15(19-4)20-7-9-24-14-6-5-12(17)11-13(14)18/h5-6,11H,7-10H2,1-4H3,(H2,19,20,21). The largest absolute Gasteiger partial charge is 0.489 e. The van der Waals surface area contributed by atoms with Gasteiger partial charge in [0.2, 0.25) is 0 Å². The Balaban J connectivity index is 2.35. The molecular weight excluding hydrogens is 352 g/mol. The van der Waals surface area contributed by atoms with E-state index in [2.05, 4.69) is 15.6 Å². The maximum absolute atomic E-state index is 13.4. The number of guanidine groups is 1. The molecule has 9 heteroatoms. The fourth-order valence-electron chi connectivity index (χ4n) is 1.75. The molecule has 0 aliphatic heterocycles. The first-order chi connectivity index (χ1) is 11.6. The van der Waals surface area contributed by atoms with E-state index < -0.39 is 26.2 Å². The van der Waals surface area contributed by atoms with Gasteiger partial charge in [0, 0.05) is 19.7 Å². The van der Waals surface area contributed by atoms with Crippen LogP contribution in [0.4, 0.5) is 8.78 Å². The van der Waals surface area contributed by atoms with Crippen LogP contribution in [0.2, 0.25) is 0 Å². The zero-order valence-electron chi connectivity index (χ0n) is 14.9. The molecule has 0 heterocycles. The zero-order valence-corrected chi connectivity index (χ0v) is 15.7. The highest BCUT2D eigenvalue weighted by Gasteiger charge is 2.28.